The molecule has 0 amide bonds. The van der Waals surface area contributed by atoms with Crippen molar-refractivity contribution >= 4 is 0 Å². The monoisotopic (exact) mass is 156 g/mol. The molecule has 0 aromatic rings. The summed E-state index contributed by atoms with van der Waals surface area (Å²) >= 11 is 0. The van der Waals surface area contributed by atoms with Gasteiger partial charge in [0, 0.05) is 13.2 Å². The van der Waals surface area contributed by atoms with Crippen LogP contribution in [0.4, 0.5) is 0 Å². The number of hydrogen-bond donors (Lipinski definition) is 0. The van der Waals surface area contributed by atoms with Crippen LogP contribution >= 0.6 is 0 Å². The van der Waals surface area contributed by atoms with Crippen LogP contribution in [0, 0.1) is 5.92 Å². The molecule has 1 atom stereocenters. The van der Waals surface area contributed by atoms with Crippen molar-refractivity contribution < 1.29 is 4.74 Å². The van der Waals surface area contributed by atoms with Crippen molar-refractivity contribution in [2.24, 2.45) is 5.92 Å². The summed E-state index contributed by atoms with van der Waals surface area (Å²) in [6.07, 6.45) is 8.14. The summed E-state index contributed by atoms with van der Waals surface area (Å²) in [7, 11) is 0. The molecule has 1 rings (SSSR count). The van der Waals surface area contributed by atoms with E-state index in [4.69, 9.17) is 4.74 Å². The molecule has 1 heterocycles. The topological polar surface area (TPSA) is 9.23 Å². The van der Waals surface area contributed by atoms with Crippen molar-refractivity contribution in [3.63, 3.8) is 0 Å². The highest BCUT2D eigenvalue weighted by atomic mass is 16.5. The normalized spacial score (nSPS) is 27.5. The van der Waals surface area contributed by atoms with Crippen LogP contribution in [0.15, 0.2) is 0 Å². The second kappa shape index (κ2) is 5.59. The Hall–Kier alpha value is -0.0400. The van der Waals surface area contributed by atoms with Gasteiger partial charge in [-0.15, -0.1) is 0 Å². The summed E-state index contributed by atoms with van der Waals surface area (Å²) in [5, 5.41) is 0. The van der Waals surface area contributed by atoms with Crippen molar-refractivity contribution in [2.45, 2.75) is 45.4 Å². The third-order valence-corrected chi connectivity index (χ3v) is 2.52. The zero-order chi connectivity index (χ0) is 7.94. The molecule has 0 bridgehead atoms. The molecule has 11 heavy (non-hydrogen) atoms. The van der Waals surface area contributed by atoms with Crippen LogP contribution in [-0.2, 0) is 4.74 Å². The van der Waals surface area contributed by atoms with E-state index in [1.807, 2.05) is 0 Å². The lowest BCUT2D eigenvalue weighted by Crippen LogP contribution is -2.10. The Morgan fingerprint density at radius 1 is 1.18 bits per heavy atom. The zero-order valence-corrected chi connectivity index (χ0v) is 7.64. The molecule has 0 radical (unpaired) electrons. The molecule has 0 aromatic heterocycles. The Morgan fingerprint density at radius 3 is 2.91 bits per heavy atom. The zero-order valence-electron chi connectivity index (χ0n) is 7.64. The maximum atomic E-state index is 5.45. The minimum atomic E-state index is 0.959. The van der Waals surface area contributed by atoms with Gasteiger partial charge in [0.05, 0.1) is 0 Å². The van der Waals surface area contributed by atoms with Crippen LogP contribution < -0.4 is 0 Å². The highest BCUT2D eigenvalue weighted by Gasteiger charge is 2.09. The fraction of sp³-hybridized carbons (Fsp3) is 1.00. The van der Waals surface area contributed by atoms with Gasteiger partial charge in [0.15, 0.2) is 0 Å². The van der Waals surface area contributed by atoms with Crippen molar-refractivity contribution in [3.05, 3.63) is 0 Å². The molecule has 1 heteroatoms. The summed E-state index contributed by atoms with van der Waals surface area (Å²) in [6, 6.07) is 0. The van der Waals surface area contributed by atoms with Crippen molar-refractivity contribution in [2.75, 3.05) is 13.2 Å². The van der Waals surface area contributed by atoms with E-state index in [1.54, 1.807) is 0 Å². The average Bonchev–Trinajstić information content (AvgIpc) is 1.94. The summed E-state index contributed by atoms with van der Waals surface area (Å²) in [5.74, 6) is 0.959. The highest BCUT2D eigenvalue weighted by molar-refractivity contribution is 4.61. The van der Waals surface area contributed by atoms with Gasteiger partial charge < -0.3 is 4.74 Å². The van der Waals surface area contributed by atoms with Gasteiger partial charge in [-0.2, -0.15) is 0 Å². The first-order valence-electron chi connectivity index (χ1n) is 5.01. The van der Waals surface area contributed by atoms with Crippen LogP contribution in [0.2, 0.25) is 0 Å². The van der Waals surface area contributed by atoms with Gasteiger partial charge in [0.2, 0.25) is 0 Å². The maximum Gasteiger partial charge on any atom is 0.0468 e. The quantitative estimate of drug-likeness (QED) is 0.597. The molecule has 0 aliphatic carbocycles. The van der Waals surface area contributed by atoms with E-state index >= 15 is 0 Å². The molecule has 1 unspecified atom stereocenters. The highest BCUT2D eigenvalue weighted by Crippen LogP contribution is 2.20. The first kappa shape index (κ1) is 9.05. The summed E-state index contributed by atoms with van der Waals surface area (Å²) in [4.78, 5) is 0. The molecule has 0 aromatic carbocycles. The van der Waals surface area contributed by atoms with Crippen LogP contribution in [0.3, 0.4) is 0 Å². The fourth-order valence-corrected chi connectivity index (χ4v) is 1.83. The number of rotatable bonds is 2. The Morgan fingerprint density at radius 2 is 2.09 bits per heavy atom. The van der Waals surface area contributed by atoms with Gasteiger partial charge in [-0.3, -0.25) is 0 Å². The molecule has 1 fully saturated rings. The second-order valence-electron chi connectivity index (χ2n) is 3.55. The SMILES string of the molecule is CCCC1CCCCOCC1. The molecule has 0 saturated carbocycles. The van der Waals surface area contributed by atoms with E-state index < -0.39 is 0 Å². The molecular weight excluding hydrogens is 136 g/mol. The molecule has 66 valence electrons. The summed E-state index contributed by atoms with van der Waals surface area (Å²) in [5.41, 5.74) is 0. The van der Waals surface area contributed by atoms with E-state index in [2.05, 4.69) is 6.92 Å². The van der Waals surface area contributed by atoms with Gasteiger partial charge >= 0.3 is 0 Å². The number of ether oxygens (including phenoxy) is 1. The third-order valence-electron chi connectivity index (χ3n) is 2.52. The van der Waals surface area contributed by atoms with E-state index in [0.29, 0.717) is 0 Å². The minimum Gasteiger partial charge on any atom is -0.381 e. The van der Waals surface area contributed by atoms with Gasteiger partial charge in [0.1, 0.15) is 0 Å². The van der Waals surface area contributed by atoms with Crippen molar-refractivity contribution in [1.82, 2.24) is 0 Å². The predicted octanol–water partition coefficient (Wildman–Crippen LogP) is 2.99. The Kier molecular flexibility index (Phi) is 4.60. The van der Waals surface area contributed by atoms with Gasteiger partial charge in [-0.25, -0.2) is 0 Å². The van der Waals surface area contributed by atoms with Crippen molar-refractivity contribution in [1.29, 1.82) is 0 Å². The molecule has 1 saturated heterocycles. The molecule has 1 nitrogen and oxygen atoms in total. The lowest BCUT2D eigenvalue weighted by Gasteiger charge is -2.18. The maximum absolute atomic E-state index is 5.45. The van der Waals surface area contributed by atoms with Gasteiger partial charge in [-0.1, -0.05) is 32.6 Å². The molecule has 0 N–H and O–H groups in total. The molecule has 1 aliphatic rings. The van der Waals surface area contributed by atoms with Crippen LogP contribution in [0.25, 0.3) is 0 Å². The average molecular weight is 156 g/mol. The van der Waals surface area contributed by atoms with E-state index in [0.717, 1.165) is 19.1 Å². The smallest absolute Gasteiger partial charge is 0.0468 e. The van der Waals surface area contributed by atoms with Crippen molar-refractivity contribution in [3.8, 4) is 0 Å². The van der Waals surface area contributed by atoms with Crippen LogP contribution in [-0.4, -0.2) is 13.2 Å². The first-order chi connectivity index (χ1) is 5.43. The summed E-state index contributed by atoms with van der Waals surface area (Å²) in [6.45, 7) is 4.28. The standard InChI is InChI=1S/C10H20O/c1-2-5-10-6-3-4-8-11-9-7-10/h10H,2-9H2,1H3. The minimum absolute atomic E-state index is 0.959. The van der Waals surface area contributed by atoms with Gasteiger partial charge in [0.25, 0.3) is 0 Å². The van der Waals surface area contributed by atoms with Crippen LogP contribution in [0.5, 0.6) is 0 Å². The predicted molar refractivity (Wildman–Crippen MR) is 47.7 cm³/mol. The van der Waals surface area contributed by atoms with E-state index in [1.165, 1.54) is 38.5 Å². The summed E-state index contributed by atoms with van der Waals surface area (Å²) < 4.78 is 5.45. The van der Waals surface area contributed by atoms with Gasteiger partial charge in [-0.05, 0) is 18.8 Å². The number of hydrogen-bond acceptors (Lipinski definition) is 1. The lowest BCUT2D eigenvalue weighted by molar-refractivity contribution is 0.0983. The van der Waals surface area contributed by atoms with Crippen LogP contribution in [0.1, 0.15) is 45.4 Å². The lowest BCUT2D eigenvalue weighted by atomic mass is 9.93. The Labute approximate surface area is 70.1 Å². The third kappa shape index (κ3) is 3.76. The molecular formula is C10H20O. The fourth-order valence-electron chi connectivity index (χ4n) is 1.83. The second-order valence-corrected chi connectivity index (χ2v) is 3.55. The Bertz CT molecular complexity index is 82.9. The first-order valence-corrected chi connectivity index (χ1v) is 5.01. The van der Waals surface area contributed by atoms with E-state index in [9.17, 15) is 0 Å². The Balaban J connectivity index is 2.15. The molecule has 1 aliphatic heterocycles. The molecule has 0 spiro atoms. The van der Waals surface area contributed by atoms with E-state index in [-0.39, 0.29) is 0 Å². The largest absolute Gasteiger partial charge is 0.381 e.